The van der Waals surface area contributed by atoms with Gasteiger partial charge in [0.2, 0.25) is 5.91 Å². The van der Waals surface area contributed by atoms with Gasteiger partial charge in [-0.1, -0.05) is 19.1 Å². The number of aromatic nitrogens is 3. The smallest absolute Gasteiger partial charge is 0.408 e. The quantitative estimate of drug-likeness (QED) is 0.729. The first-order chi connectivity index (χ1) is 14.2. The predicted octanol–water partition coefficient (Wildman–Crippen LogP) is 3.97. The summed E-state index contributed by atoms with van der Waals surface area (Å²) in [6.07, 6.45) is 7.76. The summed E-state index contributed by atoms with van der Waals surface area (Å²) in [5, 5.41) is 10.2. The van der Waals surface area contributed by atoms with Gasteiger partial charge in [0.1, 0.15) is 5.60 Å². The van der Waals surface area contributed by atoms with Crippen LogP contribution in [-0.2, 0) is 16.6 Å². The molecule has 8 heteroatoms. The topological polar surface area (TPSA) is 98.1 Å². The summed E-state index contributed by atoms with van der Waals surface area (Å²) in [7, 11) is 1.82. The number of carbonyl (C=O) groups excluding carboxylic acids is 2. The molecule has 0 saturated carbocycles. The molecule has 2 aromatic heterocycles. The third-order valence-corrected chi connectivity index (χ3v) is 4.82. The van der Waals surface area contributed by atoms with Gasteiger partial charge in [-0.15, -0.1) is 0 Å². The Hall–Kier alpha value is -3.16. The van der Waals surface area contributed by atoms with Crippen molar-refractivity contribution >= 4 is 17.7 Å². The molecule has 160 valence electrons. The van der Waals surface area contributed by atoms with E-state index in [-0.39, 0.29) is 11.8 Å². The summed E-state index contributed by atoms with van der Waals surface area (Å²) in [6.45, 7) is 7.42. The van der Waals surface area contributed by atoms with E-state index in [1.165, 1.54) is 0 Å². The molecule has 2 aromatic rings. The van der Waals surface area contributed by atoms with Crippen LogP contribution >= 0.6 is 0 Å². The van der Waals surface area contributed by atoms with E-state index >= 15 is 0 Å². The minimum atomic E-state index is -0.602. The number of alkyl carbamates (subject to hydrolysis) is 1. The number of hydrogen-bond donors (Lipinski definition) is 2. The van der Waals surface area contributed by atoms with E-state index in [1.807, 2.05) is 59.0 Å². The molecule has 2 N–H and O–H groups in total. The number of pyridine rings is 1. The van der Waals surface area contributed by atoms with Crippen LogP contribution in [0.25, 0.3) is 11.3 Å². The number of rotatable bonds is 2. The largest absolute Gasteiger partial charge is 0.444 e. The van der Waals surface area contributed by atoms with Crippen LogP contribution in [0.5, 0.6) is 0 Å². The molecular formula is C22H29N5O3. The van der Waals surface area contributed by atoms with Gasteiger partial charge in [-0.3, -0.25) is 14.5 Å². The third kappa shape index (κ3) is 5.06. The van der Waals surface area contributed by atoms with Crippen molar-refractivity contribution < 1.29 is 14.3 Å². The molecule has 1 aliphatic rings. The molecule has 0 aromatic carbocycles. The molecule has 2 amide bonds. The maximum atomic E-state index is 12.8. The summed E-state index contributed by atoms with van der Waals surface area (Å²) < 4.78 is 7.14. The average molecular weight is 412 g/mol. The zero-order valence-corrected chi connectivity index (χ0v) is 18.1. The predicted molar refractivity (Wildman–Crippen MR) is 115 cm³/mol. The normalized spacial score (nSPS) is 20.2. The van der Waals surface area contributed by atoms with Crippen molar-refractivity contribution in [3.05, 3.63) is 42.4 Å². The highest BCUT2D eigenvalue weighted by Gasteiger charge is 2.24. The fourth-order valence-corrected chi connectivity index (χ4v) is 3.37. The molecule has 0 unspecified atom stereocenters. The molecule has 0 radical (unpaired) electrons. The standard InChI is InChI=1S/C22H29N5O3/c1-6-14-8-7-9-16(26-21(29)30-22(2,3)4)17-12-15(10-11-23-17)19-18(25-20(14)28)13-24-27(19)5/h7-8,10-14,16H,6,9H2,1-5H3,(H,25,28)(H,26,29)/b8-7-/t14-,16+/m1/s1. The summed E-state index contributed by atoms with van der Waals surface area (Å²) >= 11 is 0. The van der Waals surface area contributed by atoms with Crippen molar-refractivity contribution in [3.63, 3.8) is 0 Å². The second kappa shape index (κ2) is 8.69. The zero-order chi connectivity index (χ0) is 21.9. The minimum absolute atomic E-state index is 0.0884. The lowest BCUT2D eigenvalue weighted by Crippen LogP contribution is -2.35. The Morgan fingerprint density at radius 1 is 1.40 bits per heavy atom. The lowest BCUT2D eigenvalue weighted by atomic mass is 10.00. The van der Waals surface area contributed by atoms with E-state index in [0.29, 0.717) is 24.2 Å². The molecule has 3 rings (SSSR count). The number of nitrogens with one attached hydrogen (secondary N) is 2. The summed E-state index contributed by atoms with van der Waals surface area (Å²) in [4.78, 5) is 29.7. The molecule has 0 aliphatic carbocycles. The Morgan fingerprint density at radius 3 is 2.87 bits per heavy atom. The molecule has 0 saturated heterocycles. The Kier molecular flexibility index (Phi) is 6.24. The number of fused-ring (bicyclic) bond motifs is 4. The second-order valence-electron chi connectivity index (χ2n) is 8.37. The second-order valence-corrected chi connectivity index (χ2v) is 8.37. The SMILES string of the molecule is CC[C@@H]1/C=C\C[C@H](NC(=O)OC(C)(C)C)c2cc(ccn2)-c2c(cnn2C)NC1=O. The van der Waals surface area contributed by atoms with Crippen molar-refractivity contribution in [2.24, 2.45) is 13.0 Å². The highest BCUT2D eigenvalue weighted by molar-refractivity contribution is 5.96. The molecular weight excluding hydrogens is 382 g/mol. The Balaban J connectivity index is 2.03. The van der Waals surface area contributed by atoms with Gasteiger partial charge in [0, 0.05) is 18.8 Å². The molecule has 2 bridgehead atoms. The molecule has 8 nitrogen and oxygen atoms in total. The maximum Gasteiger partial charge on any atom is 0.408 e. The highest BCUT2D eigenvalue weighted by Crippen LogP contribution is 2.30. The van der Waals surface area contributed by atoms with Gasteiger partial charge in [0.15, 0.2) is 0 Å². The molecule has 30 heavy (non-hydrogen) atoms. The van der Waals surface area contributed by atoms with Crippen molar-refractivity contribution in [2.45, 2.75) is 52.2 Å². The van der Waals surface area contributed by atoms with Gasteiger partial charge in [0.05, 0.1) is 35.2 Å². The van der Waals surface area contributed by atoms with Crippen molar-refractivity contribution in [2.75, 3.05) is 5.32 Å². The van der Waals surface area contributed by atoms with Gasteiger partial charge in [0.25, 0.3) is 0 Å². The van der Waals surface area contributed by atoms with Gasteiger partial charge in [-0.25, -0.2) is 4.79 Å². The van der Waals surface area contributed by atoms with E-state index in [0.717, 1.165) is 11.3 Å². The van der Waals surface area contributed by atoms with E-state index < -0.39 is 17.7 Å². The number of hydrogen-bond acceptors (Lipinski definition) is 5. The van der Waals surface area contributed by atoms with Crippen LogP contribution in [0.15, 0.2) is 36.7 Å². The molecule has 0 spiro atoms. The fraction of sp³-hybridized carbons (Fsp3) is 0.455. The van der Waals surface area contributed by atoms with E-state index in [9.17, 15) is 9.59 Å². The van der Waals surface area contributed by atoms with E-state index in [4.69, 9.17) is 4.74 Å². The van der Waals surface area contributed by atoms with Gasteiger partial charge < -0.3 is 15.4 Å². The number of ether oxygens (including phenoxy) is 1. The van der Waals surface area contributed by atoms with Gasteiger partial charge in [-0.2, -0.15) is 5.10 Å². The third-order valence-electron chi connectivity index (χ3n) is 4.82. The van der Waals surface area contributed by atoms with Crippen LogP contribution in [-0.4, -0.2) is 32.4 Å². The van der Waals surface area contributed by atoms with Gasteiger partial charge >= 0.3 is 6.09 Å². The van der Waals surface area contributed by atoms with Crippen LogP contribution in [0.3, 0.4) is 0 Å². The zero-order valence-electron chi connectivity index (χ0n) is 18.1. The number of amides is 2. The lowest BCUT2D eigenvalue weighted by molar-refractivity contribution is -0.118. The van der Waals surface area contributed by atoms with Crippen LogP contribution in [0.4, 0.5) is 10.5 Å². The molecule has 0 fully saturated rings. The number of aryl methyl sites for hydroxylation is 1. The van der Waals surface area contributed by atoms with Crippen LogP contribution in [0.2, 0.25) is 0 Å². The fourth-order valence-electron chi connectivity index (χ4n) is 3.37. The van der Waals surface area contributed by atoms with Crippen LogP contribution in [0, 0.1) is 5.92 Å². The Bertz CT molecular complexity index is 958. The van der Waals surface area contributed by atoms with Crippen molar-refractivity contribution in [1.29, 1.82) is 0 Å². The summed E-state index contributed by atoms with van der Waals surface area (Å²) in [5.41, 5.74) is 2.38. The first-order valence-electron chi connectivity index (χ1n) is 10.1. The van der Waals surface area contributed by atoms with Gasteiger partial charge in [-0.05, 0) is 45.7 Å². The highest BCUT2D eigenvalue weighted by atomic mass is 16.6. The number of carbonyl (C=O) groups is 2. The summed E-state index contributed by atoms with van der Waals surface area (Å²) in [6, 6.07) is 3.37. The van der Waals surface area contributed by atoms with E-state index in [1.54, 1.807) is 17.1 Å². The van der Waals surface area contributed by atoms with Crippen LogP contribution < -0.4 is 10.6 Å². The molecule has 1 aliphatic heterocycles. The molecule has 2 atom stereocenters. The maximum absolute atomic E-state index is 12.8. The first-order valence-corrected chi connectivity index (χ1v) is 10.1. The Morgan fingerprint density at radius 2 is 2.17 bits per heavy atom. The van der Waals surface area contributed by atoms with Crippen LogP contribution in [0.1, 0.15) is 52.3 Å². The lowest BCUT2D eigenvalue weighted by Gasteiger charge is -2.23. The van der Waals surface area contributed by atoms with E-state index in [2.05, 4.69) is 20.7 Å². The number of anilines is 1. The Labute approximate surface area is 176 Å². The van der Waals surface area contributed by atoms with Crippen molar-refractivity contribution in [1.82, 2.24) is 20.1 Å². The first kappa shape index (κ1) is 21.5. The molecule has 3 heterocycles. The average Bonchev–Trinajstić information content (AvgIpc) is 3.02. The summed E-state index contributed by atoms with van der Waals surface area (Å²) in [5.74, 6) is -0.375. The minimum Gasteiger partial charge on any atom is -0.444 e. The van der Waals surface area contributed by atoms with Crippen molar-refractivity contribution in [3.8, 4) is 11.3 Å². The number of nitrogens with zero attached hydrogens (tertiary/aromatic N) is 3. The monoisotopic (exact) mass is 411 g/mol.